The molecule has 4 aromatic carbocycles. The van der Waals surface area contributed by atoms with Gasteiger partial charge in [-0.3, -0.25) is 9.59 Å². The molecule has 0 bridgehead atoms. The minimum atomic E-state index is -0.938. The summed E-state index contributed by atoms with van der Waals surface area (Å²) in [4.78, 5) is 23.7. The van der Waals surface area contributed by atoms with Gasteiger partial charge in [-0.2, -0.15) is 0 Å². The van der Waals surface area contributed by atoms with Crippen LogP contribution in [-0.2, 0) is 16.0 Å². The first-order valence-corrected chi connectivity index (χ1v) is 11.0. The molecular formula is C29H20FNO4. The molecule has 0 unspecified atom stereocenters. The Kier molecular flexibility index (Phi) is 5.63. The van der Waals surface area contributed by atoms with Crippen LogP contribution in [0, 0.1) is 5.82 Å². The number of hydrogen-bond acceptors (Lipinski definition) is 3. The van der Waals surface area contributed by atoms with Crippen molar-refractivity contribution in [2.75, 3.05) is 5.32 Å². The number of carboxylic acids is 1. The second-order valence-corrected chi connectivity index (χ2v) is 8.30. The summed E-state index contributed by atoms with van der Waals surface area (Å²) in [6, 6.07) is 24.1. The number of carbonyl (C=O) groups is 2. The molecule has 1 aliphatic rings. The van der Waals surface area contributed by atoms with Crippen molar-refractivity contribution in [1.82, 2.24) is 0 Å². The number of rotatable bonds is 5. The van der Waals surface area contributed by atoms with E-state index in [0.29, 0.717) is 44.6 Å². The molecule has 0 saturated heterocycles. The van der Waals surface area contributed by atoms with Crippen LogP contribution in [-0.4, -0.2) is 22.1 Å². The highest BCUT2D eigenvalue weighted by molar-refractivity contribution is 6.35. The van der Waals surface area contributed by atoms with Gasteiger partial charge in [-0.1, -0.05) is 66.7 Å². The number of phenols is 1. The summed E-state index contributed by atoms with van der Waals surface area (Å²) in [5.41, 5.74) is 5.08. The molecule has 5 rings (SSSR count). The first-order valence-electron chi connectivity index (χ1n) is 11.0. The zero-order valence-electron chi connectivity index (χ0n) is 18.5. The fourth-order valence-corrected chi connectivity index (χ4v) is 4.26. The lowest BCUT2D eigenvalue weighted by Gasteiger charge is -2.09. The Morgan fingerprint density at radius 3 is 2.29 bits per heavy atom. The molecule has 1 aliphatic heterocycles. The van der Waals surface area contributed by atoms with E-state index in [0.717, 1.165) is 5.56 Å². The third kappa shape index (κ3) is 4.42. The fourth-order valence-electron chi connectivity index (χ4n) is 4.26. The number of benzene rings is 4. The van der Waals surface area contributed by atoms with Crippen LogP contribution in [0.25, 0.3) is 33.9 Å². The second kappa shape index (κ2) is 8.91. The van der Waals surface area contributed by atoms with Gasteiger partial charge >= 0.3 is 5.97 Å². The number of aromatic hydroxyl groups is 1. The van der Waals surface area contributed by atoms with Gasteiger partial charge in [0.1, 0.15) is 11.6 Å². The standard InChI is InChI=1S/C29H20FNO4/c30-25-16-26-23(24(29(35)31-26)13-17-4-3-5-18(12-17)14-28(33)34)15-22(25)20-10-8-19(9-11-20)21-6-1-2-7-27(21)32/h1-13,15-16,32H,14H2,(H,31,35)(H,33,34). The number of aliphatic carboxylic acids is 1. The minimum absolute atomic E-state index is 0.119. The molecule has 0 aromatic heterocycles. The molecular weight excluding hydrogens is 445 g/mol. The molecule has 6 heteroatoms. The van der Waals surface area contributed by atoms with E-state index < -0.39 is 11.8 Å². The number of nitrogens with one attached hydrogen (secondary N) is 1. The largest absolute Gasteiger partial charge is 0.507 e. The summed E-state index contributed by atoms with van der Waals surface area (Å²) < 4.78 is 15.0. The van der Waals surface area contributed by atoms with Gasteiger partial charge in [0, 0.05) is 22.3 Å². The molecule has 35 heavy (non-hydrogen) atoms. The van der Waals surface area contributed by atoms with Gasteiger partial charge in [0.25, 0.3) is 5.91 Å². The number of para-hydroxylation sites is 1. The van der Waals surface area contributed by atoms with E-state index in [1.165, 1.54) is 6.07 Å². The lowest BCUT2D eigenvalue weighted by molar-refractivity contribution is -0.136. The molecule has 0 atom stereocenters. The molecule has 172 valence electrons. The average molecular weight is 465 g/mol. The Labute approximate surface area is 200 Å². The van der Waals surface area contributed by atoms with E-state index in [-0.39, 0.29) is 18.1 Å². The van der Waals surface area contributed by atoms with Crippen LogP contribution in [0.1, 0.15) is 16.7 Å². The number of carboxylic acid groups (broad SMARTS) is 1. The second-order valence-electron chi connectivity index (χ2n) is 8.30. The van der Waals surface area contributed by atoms with Crippen molar-refractivity contribution in [3.8, 4) is 28.0 Å². The topological polar surface area (TPSA) is 86.6 Å². The van der Waals surface area contributed by atoms with Gasteiger partial charge in [0.05, 0.1) is 12.1 Å². The van der Waals surface area contributed by atoms with Crippen LogP contribution in [0.2, 0.25) is 0 Å². The van der Waals surface area contributed by atoms with Gasteiger partial charge < -0.3 is 15.5 Å². The minimum Gasteiger partial charge on any atom is -0.507 e. The van der Waals surface area contributed by atoms with Gasteiger partial charge in [0.2, 0.25) is 0 Å². The highest BCUT2D eigenvalue weighted by atomic mass is 19.1. The van der Waals surface area contributed by atoms with Crippen LogP contribution in [0.5, 0.6) is 5.75 Å². The molecule has 4 aromatic rings. The van der Waals surface area contributed by atoms with Crippen LogP contribution >= 0.6 is 0 Å². The van der Waals surface area contributed by atoms with Crippen LogP contribution in [0.3, 0.4) is 0 Å². The zero-order chi connectivity index (χ0) is 24.5. The third-order valence-corrected chi connectivity index (χ3v) is 5.92. The maximum atomic E-state index is 15.0. The van der Waals surface area contributed by atoms with Crippen LogP contribution in [0.4, 0.5) is 10.1 Å². The van der Waals surface area contributed by atoms with E-state index in [4.69, 9.17) is 5.11 Å². The van der Waals surface area contributed by atoms with E-state index in [9.17, 15) is 14.7 Å². The number of anilines is 1. The Balaban J connectivity index is 1.52. The fraction of sp³-hybridized carbons (Fsp3) is 0.0345. The highest BCUT2D eigenvalue weighted by Gasteiger charge is 2.26. The molecule has 0 saturated carbocycles. The predicted octanol–water partition coefficient (Wildman–Crippen LogP) is 5.99. The summed E-state index contributed by atoms with van der Waals surface area (Å²) >= 11 is 0. The van der Waals surface area contributed by atoms with Crippen LogP contribution < -0.4 is 5.32 Å². The molecule has 5 nitrogen and oxygen atoms in total. The number of carbonyl (C=O) groups excluding carboxylic acids is 1. The molecule has 0 fully saturated rings. The molecule has 1 heterocycles. The number of fused-ring (bicyclic) bond motifs is 1. The van der Waals surface area contributed by atoms with E-state index in [1.807, 2.05) is 18.2 Å². The summed E-state index contributed by atoms with van der Waals surface area (Å²) in [6.07, 6.45) is 1.56. The Morgan fingerprint density at radius 1 is 0.857 bits per heavy atom. The lowest BCUT2D eigenvalue weighted by atomic mass is 9.95. The van der Waals surface area contributed by atoms with E-state index in [2.05, 4.69) is 5.32 Å². The lowest BCUT2D eigenvalue weighted by Crippen LogP contribution is -2.03. The average Bonchev–Trinajstić information content (AvgIpc) is 3.12. The highest BCUT2D eigenvalue weighted by Crippen LogP contribution is 2.39. The summed E-state index contributed by atoms with van der Waals surface area (Å²) in [5.74, 6) is -1.60. The predicted molar refractivity (Wildman–Crippen MR) is 133 cm³/mol. The van der Waals surface area contributed by atoms with Crippen molar-refractivity contribution in [2.24, 2.45) is 0 Å². The number of phenolic OH excluding ortho intramolecular Hbond substituents is 1. The third-order valence-electron chi connectivity index (χ3n) is 5.92. The Hall–Kier alpha value is -4.71. The van der Waals surface area contributed by atoms with Gasteiger partial charge in [-0.15, -0.1) is 0 Å². The van der Waals surface area contributed by atoms with Crippen molar-refractivity contribution >= 4 is 29.2 Å². The Morgan fingerprint density at radius 2 is 1.57 bits per heavy atom. The van der Waals surface area contributed by atoms with E-state index >= 15 is 4.39 Å². The molecule has 3 N–H and O–H groups in total. The first-order chi connectivity index (χ1) is 16.9. The van der Waals surface area contributed by atoms with E-state index in [1.54, 1.807) is 66.7 Å². The monoisotopic (exact) mass is 465 g/mol. The molecule has 1 amide bonds. The summed E-state index contributed by atoms with van der Waals surface area (Å²) in [7, 11) is 0. The van der Waals surface area contributed by atoms with Crippen molar-refractivity contribution in [1.29, 1.82) is 0 Å². The smallest absolute Gasteiger partial charge is 0.307 e. The number of halogens is 1. The van der Waals surface area contributed by atoms with Gasteiger partial charge in [0.15, 0.2) is 0 Å². The maximum absolute atomic E-state index is 15.0. The molecule has 0 radical (unpaired) electrons. The van der Waals surface area contributed by atoms with Crippen molar-refractivity contribution in [3.63, 3.8) is 0 Å². The SMILES string of the molecule is O=C(O)Cc1cccc(C=C2C(=O)Nc3cc(F)c(-c4ccc(-c5ccccc5O)cc4)cc32)c1. The van der Waals surface area contributed by atoms with Crippen molar-refractivity contribution < 1.29 is 24.2 Å². The number of hydrogen-bond donors (Lipinski definition) is 3. The Bertz CT molecular complexity index is 1510. The molecule has 0 spiro atoms. The summed E-state index contributed by atoms with van der Waals surface area (Å²) in [5, 5.41) is 21.8. The van der Waals surface area contributed by atoms with Crippen molar-refractivity contribution in [3.05, 3.63) is 107 Å². The van der Waals surface area contributed by atoms with Gasteiger partial charge in [-0.25, -0.2) is 4.39 Å². The van der Waals surface area contributed by atoms with Gasteiger partial charge in [-0.05, 0) is 46.5 Å². The maximum Gasteiger partial charge on any atom is 0.307 e. The number of amides is 1. The zero-order valence-corrected chi connectivity index (χ0v) is 18.5. The van der Waals surface area contributed by atoms with Crippen LogP contribution in [0.15, 0.2) is 84.9 Å². The van der Waals surface area contributed by atoms with Crippen molar-refractivity contribution in [2.45, 2.75) is 6.42 Å². The summed E-state index contributed by atoms with van der Waals surface area (Å²) in [6.45, 7) is 0. The first kappa shape index (κ1) is 22.1. The molecule has 0 aliphatic carbocycles. The normalized spacial score (nSPS) is 13.5. The quantitative estimate of drug-likeness (QED) is 0.316.